The minimum Gasteiger partial charge on any atom is -0.505 e. The molecule has 2 aliphatic rings. The monoisotopic (exact) mass is 625 g/mol. The predicted octanol–water partition coefficient (Wildman–Crippen LogP) is 7.24. The number of thioether (sulfide) groups is 1. The number of phenols is 1. The van der Waals surface area contributed by atoms with Gasteiger partial charge in [-0.05, 0) is 105 Å². The highest BCUT2D eigenvalue weighted by Gasteiger charge is 2.27. The van der Waals surface area contributed by atoms with E-state index in [0.29, 0.717) is 23.2 Å². The first kappa shape index (κ1) is 31.3. The predicted molar refractivity (Wildman–Crippen MR) is 159 cm³/mol. The van der Waals surface area contributed by atoms with Crippen molar-refractivity contribution in [3.63, 3.8) is 0 Å². The summed E-state index contributed by atoms with van der Waals surface area (Å²) in [4.78, 5) is 18.5. The first-order chi connectivity index (χ1) is 16.3. The molecule has 3 N–H and O–H groups in total. The number of benzene rings is 1. The molecule has 5 nitrogen and oxygen atoms in total. The summed E-state index contributed by atoms with van der Waals surface area (Å²) in [5, 5.41) is 10.4. The summed E-state index contributed by atoms with van der Waals surface area (Å²) in [5.41, 5.74) is 13.2. The topological polar surface area (TPSA) is 79.5 Å². The summed E-state index contributed by atoms with van der Waals surface area (Å²) in [6, 6.07) is 4.03. The number of hydrogen-bond donors (Lipinski definition) is 2. The van der Waals surface area contributed by atoms with Crippen LogP contribution in [0.4, 0.5) is 5.69 Å². The van der Waals surface area contributed by atoms with Crippen LogP contribution in [0, 0.1) is 0 Å². The number of anilines is 1. The van der Waals surface area contributed by atoms with E-state index in [4.69, 9.17) is 10.7 Å². The number of nitrogen functional groups attached to an aromatic ring is 1. The lowest BCUT2D eigenvalue weighted by molar-refractivity contribution is -0.129. The quantitative estimate of drug-likeness (QED) is 0.183. The van der Waals surface area contributed by atoms with Crippen LogP contribution in [-0.4, -0.2) is 46.5 Å². The van der Waals surface area contributed by atoms with Crippen molar-refractivity contribution in [2.24, 2.45) is 0 Å². The van der Waals surface area contributed by atoms with Crippen molar-refractivity contribution in [2.45, 2.75) is 46.5 Å². The highest BCUT2D eigenvalue weighted by molar-refractivity contribution is 9.10. The van der Waals surface area contributed by atoms with E-state index in [1.54, 1.807) is 18.7 Å². The first-order valence-corrected chi connectivity index (χ1v) is 14.3. The van der Waals surface area contributed by atoms with Gasteiger partial charge in [0.05, 0.1) is 15.9 Å². The number of carbonyl (C=O) groups excluding carboxylic acids is 1. The number of carbonyl (C=O) groups is 1. The minimum absolute atomic E-state index is 0. The molecule has 2 heterocycles. The average molecular weight is 627 g/mol. The van der Waals surface area contributed by atoms with Gasteiger partial charge in [0.15, 0.2) is 5.75 Å². The number of aryl methyl sites for hydroxylation is 1. The van der Waals surface area contributed by atoms with Crippen LogP contribution in [-0.2, 0) is 17.6 Å². The molecule has 0 spiro atoms. The minimum atomic E-state index is 0. The number of hydrogen-bond acceptors (Lipinski definition) is 5. The van der Waals surface area contributed by atoms with E-state index in [2.05, 4.69) is 51.1 Å². The Morgan fingerprint density at radius 2 is 1.74 bits per heavy atom. The zero-order valence-electron chi connectivity index (χ0n) is 20.1. The highest BCUT2D eigenvalue weighted by atomic mass is 79.9. The van der Waals surface area contributed by atoms with Crippen molar-refractivity contribution in [3.8, 4) is 5.75 Å². The number of aromatic hydroxyl groups is 1. The maximum Gasteiger partial charge on any atom is 0.219 e. The van der Waals surface area contributed by atoms with Gasteiger partial charge in [-0.1, -0.05) is 13.0 Å². The molecule has 1 amide bonds. The second-order valence-corrected chi connectivity index (χ2v) is 10.6. The van der Waals surface area contributed by atoms with Gasteiger partial charge in [0.25, 0.3) is 0 Å². The van der Waals surface area contributed by atoms with Crippen LogP contribution in [0.2, 0.25) is 0 Å². The van der Waals surface area contributed by atoms with Crippen LogP contribution in [0.15, 0.2) is 46.0 Å². The van der Waals surface area contributed by atoms with E-state index < -0.39 is 0 Å². The molecule has 1 aromatic heterocycles. The molecule has 1 saturated heterocycles. The molecule has 0 bridgehead atoms. The molecule has 1 fully saturated rings. The van der Waals surface area contributed by atoms with Gasteiger partial charge in [0.1, 0.15) is 0 Å². The van der Waals surface area contributed by atoms with Crippen molar-refractivity contribution in [1.82, 2.24) is 9.88 Å². The SMILES string of the molecule is C.C=C.CC(=O)N1CCC(=C2c3cc(N)c(O)c(Br)c3CCCc3cc(Br)cnc32)CC1.CSC. The lowest BCUT2D eigenvalue weighted by Crippen LogP contribution is -2.35. The van der Waals surface area contributed by atoms with Gasteiger partial charge in [-0.15, -0.1) is 13.2 Å². The van der Waals surface area contributed by atoms with E-state index in [0.717, 1.165) is 59.0 Å². The highest BCUT2D eigenvalue weighted by Crippen LogP contribution is 2.44. The van der Waals surface area contributed by atoms with E-state index >= 15 is 0 Å². The standard InChI is InChI=1S/C22H23Br2N3O2.C2H6S.C2H4.CH4/c1-12(28)27-7-5-13(6-8-27)19-17-10-18(25)22(29)20(24)16(17)4-2-3-14-9-15(23)11-26-21(14)19;1-3-2;1-2;/h9-11,29H,2-8,25H2,1H3;1-2H3;1-2H2;1H4. The zero-order valence-corrected chi connectivity index (χ0v) is 24.1. The molecule has 8 heteroatoms. The third kappa shape index (κ3) is 7.37. The number of halogens is 2. The van der Waals surface area contributed by atoms with Crippen LogP contribution < -0.4 is 5.73 Å². The first-order valence-electron chi connectivity index (χ1n) is 11.1. The van der Waals surface area contributed by atoms with Crippen LogP contribution in [0.1, 0.15) is 56.0 Å². The number of pyridine rings is 1. The van der Waals surface area contributed by atoms with Gasteiger partial charge in [-0.2, -0.15) is 11.8 Å². The van der Waals surface area contributed by atoms with Crippen molar-refractivity contribution < 1.29 is 9.90 Å². The lowest BCUT2D eigenvalue weighted by atomic mass is 9.82. The summed E-state index contributed by atoms with van der Waals surface area (Å²) >= 11 is 8.88. The largest absolute Gasteiger partial charge is 0.505 e. The Kier molecular flexibility index (Phi) is 13.1. The number of fused-ring (bicyclic) bond motifs is 2. The molecule has 0 atom stereocenters. The van der Waals surface area contributed by atoms with Crippen LogP contribution in [0.3, 0.4) is 0 Å². The van der Waals surface area contributed by atoms with Crippen LogP contribution in [0.25, 0.3) is 5.57 Å². The van der Waals surface area contributed by atoms with Crippen molar-refractivity contribution in [1.29, 1.82) is 0 Å². The van der Waals surface area contributed by atoms with Crippen molar-refractivity contribution >= 4 is 60.8 Å². The van der Waals surface area contributed by atoms with E-state index in [-0.39, 0.29) is 19.1 Å². The molecule has 0 radical (unpaired) electrons. The third-order valence-electron chi connectivity index (χ3n) is 5.85. The van der Waals surface area contributed by atoms with E-state index in [9.17, 15) is 9.90 Å². The Morgan fingerprint density at radius 3 is 2.31 bits per heavy atom. The van der Waals surface area contributed by atoms with E-state index in [1.165, 1.54) is 11.1 Å². The fourth-order valence-electron chi connectivity index (χ4n) is 4.35. The molecule has 2 aromatic rings. The van der Waals surface area contributed by atoms with E-state index in [1.807, 2.05) is 29.7 Å². The Morgan fingerprint density at radius 1 is 1.14 bits per heavy atom. The lowest BCUT2D eigenvalue weighted by Gasteiger charge is -2.31. The number of phenolic OH excluding ortho intramolecular Hbond substituents is 1. The Labute approximate surface area is 231 Å². The normalized spacial score (nSPS) is 14.5. The summed E-state index contributed by atoms with van der Waals surface area (Å²) in [6.45, 7) is 9.05. The average Bonchev–Trinajstić information content (AvgIpc) is 2.82. The number of likely N-dealkylation sites (tertiary alicyclic amines) is 1. The fourth-order valence-corrected chi connectivity index (χ4v) is 5.37. The number of aromatic nitrogens is 1. The number of rotatable bonds is 0. The molecule has 4 rings (SSSR count). The van der Waals surface area contributed by atoms with Gasteiger partial charge in [0.2, 0.25) is 5.91 Å². The van der Waals surface area contributed by atoms with Gasteiger partial charge < -0.3 is 15.7 Å². The zero-order chi connectivity index (χ0) is 25.4. The smallest absolute Gasteiger partial charge is 0.219 e. The molecule has 192 valence electrons. The van der Waals surface area contributed by atoms with Gasteiger partial charge in [0, 0.05) is 36.3 Å². The number of nitrogens with two attached hydrogens (primary N) is 1. The summed E-state index contributed by atoms with van der Waals surface area (Å²) in [6.07, 6.45) is 10.3. The summed E-state index contributed by atoms with van der Waals surface area (Å²) in [5.74, 6) is 0.218. The molecular weight excluding hydrogens is 590 g/mol. The Bertz CT molecular complexity index is 1060. The summed E-state index contributed by atoms with van der Waals surface area (Å²) < 4.78 is 1.64. The fraction of sp³-hybridized carbons (Fsp3) is 0.407. The van der Waals surface area contributed by atoms with Gasteiger partial charge >= 0.3 is 0 Å². The second kappa shape index (κ2) is 14.7. The Balaban J connectivity index is 0.000000950. The van der Waals surface area contributed by atoms with Crippen molar-refractivity contribution in [2.75, 3.05) is 31.3 Å². The van der Waals surface area contributed by atoms with Crippen molar-refractivity contribution in [3.05, 3.63) is 68.4 Å². The molecule has 1 aromatic carbocycles. The van der Waals surface area contributed by atoms with Crippen LogP contribution >= 0.6 is 43.6 Å². The van der Waals surface area contributed by atoms with Gasteiger partial charge in [-0.25, -0.2) is 0 Å². The molecule has 35 heavy (non-hydrogen) atoms. The third-order valence-corrected chi connectivity index (χ3v) is 7.14. The summed E-state index contributed by atoms with van der Waals surface area (Å²) in [7, 11) is 0. The molecule has 0 saturated carbocycles. The number of nitrogens with zero attached hydrogens (tertiary/aromatic N) is 2. The maximum absolute atomic E-state index is 11.8. The van der Waals surface area contributed by atoms with Gasteiger partial charge in [-0.3, -0.25) is 9.78 Å². The molecule has 0 unspecified atom stereocenters. The number of piperidine rings is 1. The molecule has 1 aliphatic carbocycles. The maximum atomic E-state index is 11.8. The number of amides is 1. The van der Waals surface area contributed by atoms with Crippen LogP contribution in [0.5, 0.6) is 5.75 Å². The second-order valence-electron chi connectivity index (χ2n) is 8.06. The molecular formula is C27H37Br2N3O2S. The Hall–Kier alpha value is -1.77. The molecule has 1 aliphatic heterocycles.